The summed E-state index contributed by atoms with van der Waals surface area (Å²) in [6.45, 7) is 0. The number of fused-ring (bicyclic) bond motifs is 2. The summed E-state index contributed by atoms with van der Waals surface area (Å²) in [5.41, 5.74) is 0. The van der Waals surface area contributed by atoms with Crippen LogP contribution >= 0.6 is 0 Å². The van der Waals surface area contributed by atoms with E-state index in [0.29, 0.717) is 25.0 Å². The van der Waals surface area contributed by atoms with Gasteiger partial charge in [-0.25, -0.2) is 21.6 Å². The number of benzene rings is 1. The Hall–Kier alpha value is -1.61. The van der Waals surface area contributed by atoms with Crippen molar-refractivity contribution in [2.24, 2.45) is 5.92 Å². The molecular weight excluding hydrogens is 323 g/mol. The van der Waals surface area contributed by atoms with E-state index in [0.717, 1.165) is 4.31 Å². The van der Waals surface area contributed by atoms with Gasteiger partial charge in [-0.05, 0) is 31.4 Å². The van der Waals surface area contributed by atoms with Crippen molar-refractivity contribution < 1.29 is 31.5 Å². The van der Waals surface area contributed by atoms with Crippen molar-refractivity contribution in [2.75, 3.05) is 0 Å². The van der Waals surface area contributed by atoms with Gasteiger partial charge in [0.25, 0.3) is 0 Å². The van der Waals surface area contributed by atoms with Crippen LogP contribution in [0.15, 0.2) is 17.0 Å². The van der Waals surface area contributed by atoms with Crippen LogP contribution in [0, 0.1) is 23.4 Å². The van der Waals surface area contributed by atoms with Crippen molar-refractivity contribution in [1.82, 2.24) is 4.31 Å². The van der Waals surface area contributed by atoms with Crippen molar-refractivity contribution in [3.63, 3.8) is 0 Å². The molecule has 0 spiro atoms. The molecule has 0 radical (unpaired) electrons. The molecule has 2 fully saturated rings. The fourth-order valence-electron chi connectivity index (χ4n) is 3.40. The average Bonchev–Trinajstić information content (AvgIpc) is 3.03. The molecule has 1 N–H and O–H groups in total. The summed E-state index contributed by atoms with van der Waals surface area (Å²) in [4.78, 5) is 10.2. The lowest BCUT2D eigenvalue weighted by molar-refractivity contribution is -0.142. The predicted octanol–water partition coefficient (Wildman–Crippen LogP) is 1.73. The average molecular weight is 335 g/mol. The predicted molar refractivity (Wildman–Crippen MR) is 67.9 cm³/mol. The van der Waals surface area contributed by atoms with Gasteiger partial charge in [0.15, 0.2) is 17.5 Å². The van der Waals surface area contributed by atoms with Crippen LogP contribution in [0.1, 0.15) is 19.3 Å². The minimum absolute atomic E-state index is 0.143. The lowest BCUT2D eigenvalue weighted by atomic mass is 9.89. The Bertz CT molecular complexity index is 752. The Labute approximate surface area is 124 Å². The molecule has 2 bridgehead atoms. The highest BCUT2D eigenvalue weighted by Gasteiger charge is 2.55. The maximum atomic E-state index is 13.8. The van der Waals surface area contributed by atoms with Gasteiger partial charge in [0, 0.05) is 12.1 Å². The molecule has 5 nitrogen and oxygen atoms in total. The third-order valence-electron chi connectivity index (χ3n) is 4.35. The van der Waals surface area contributed by atoms with Crippen LogP contribution in [0.4, 0.5) is 13.2 Å². The van der Waals surface area contributed by atoms with Crippen LogP contribution in [0.5, 0.6) is 0 Å². The van der Waals surface area contributed by atoms with E-state index in [1.807, 2.05) is 0 Å². The van der Waals surface area contributed by atoms with Gasteiger partial charge in [-0.15, -0.1) is 0 Å². The number of hydrogen-bond donors (Lipinski definition) is 1. The zero-order valence-corrected chi connectivity index (χ0v) is 12.0. The molecular formula is C13H12F3NO4S. The number of carboxylic acid groups (broad SMARTS) is 1. The van der Waals surface area contributed by atoms with E-state index in [2.05, 4.69) is 0 Å². The first kappa shape index (κ1) is 15.3. The zero-order chi connectivity index (χ0) is 16.2. The van der Waals surface area contributed by atoms with E-state index in [-0.39, 0.29) is 6.42 Å². The maximum absolute atomic E-state index is 13.8. The molecule has 2 saturated heterocycles. The number of halogens is 3. The molecule has 3 unspecified atom stereocenters. The largest absolute Gasteiger partial charge is 0.481 e. The van der Waals surface area contributed by atoms with Crippen molar-refractivity contribution in [3.05, 3.63) is 29.6 Å². The Morgan fingerprint density at radius 3 is 2.45 bits per heavy atom. The third-order valence-corrected chi connectivity index (χ3v) is 6.34. The minimum atomic E-state index is -4.42. The molecule has 0 aromatic heterocycles. The second kappa shape index (κ2) is 4.95. The lowest BCUT2D eigenvalue weighted by Gasteiger charge is -2.22. The molecule has 1 aromatic rings. The highest BCUT2D eigenvalue weighted by Crippen LogP contribution is 2.45. The fourth-order valence-corrected chi connectivity index (χ4v) is 5.38. The van der Waals surface area contributed by atoms with Crippen LogP contribution in [0.3, 0.4) is 0 Å². The number of carboxylic acids is 1. The van der Waals surface area contributed by atoms with Gasteiger partial charge >= 0.3 is 5.97 Å². The lowest BCUT2D eigenvalue weighted by Crippen LogP contribution is -2.38. The first-order chi connectivity index (χ1) is 10.2. The highest BCUT2D eigenvalue weighted by atomic mass is 32.2. The van der Waals surface area contributed by atoms with E-state index < -0.39 is 56.3 Å². The summed E-state index contributed by atoms with van der Waals surface area (Å²) in [6, 6.07) is -0.127. The van der Waals surface area contributed by atoms with Gasteiger partial charge in [-0.1, -0.05) is 0 Å². The van der Waals surface area contributed by atoms with Crippen LogP contribution < -0.4 is 0 Å². The SMILES string of the molecule is O=C(O)C1CC2CCC1N2S(=O)(=O)c1ccc(F)c(F)c1F. The first-order valence-electron chi connectivity index (χ1n) is 6.65. The second-order valence-corrected chi connectivity index (χ2v) is 7.30. The Morgan fingerprint density at radius 2 is 1.86 bits per heavy atom. The topological polar surface area (TPSA) is 74.7 Å². The minimum Gasteiger partial charge on any atom is -0.481 e. The molecule has 9 heteroatoms. The first-order valence-corrected chi connectivity index (χ1v) is 8.09. The van der Waals surface area contributed by atoms with Crippen molar-refractivity contribution in [2.45, 2.75) is 36.2 Å². The molecule has 2 aliphatic rings. The monoisotopic (exact) mass is 335 g/mol. The van der Waals surface area contributed by atoms with Crippen LogP contribution in [-0.4, -0.2) is 35.9 Å². The smallest absolute Gasteiger partial charge is 0.308 e. The van der Waals surface area contributed by atoms with Gasteiger partial charge in [0.2, 0.25) is 10.0 Å². The van der Waals surface area contributed by atoms with Crippen LogP contribution in [0.25, 0.3) is 0 Å². The molecule has 3 rings (SSSR count). The van der Waals surface area contributed by atoms with Crippen molar-refractivity contribution in [3.8, 4) is 0 Å². The zero-order valence-electron chi connectivity index (χ0n) is 11.2. The second-order valence-electron chi connectivity index (χ2n) is 5.49. The quantitative estimate of drug-likeness (QED) is 0.854. The van der Waals surface area contributed by atoms with Crippen molar-refractivity contribution in [1.29, 1.82) is 0 Å². The van der Waals surface area contributed by atoms with Crippen LogP contribution in [0.2, 0.25) is 0 Å². The van der Waals surface area contributed by atoms with Gasteiger partial charge in [0.1, 0.15) is 4.90 Å². The van der Waals surface area contributed by atoms with E-state index in [1.165, 1.54) is 0 Å². The molecule has 120 valence electrons. The molecule has 0 amide bonds. The fraction of sp³-hybridized carbons (Fsp3) is 0.462. The molecule has 1 aromatic carbocycles. The summed E-state index contributed by atoms with van der Waals surface area (Å²) < 4.78 is 66.1. The number of nitrogens with zero attached hydrogens (tertiary/aromatic N) is 1. The molecule has 2 heterocycles. The van der Waals surface area contributed by atoms with Crippen LogP contribution in [-0.2, 0) is 14.8 Å². The van der Waals surface area contributed by atoms with Gasteiger partial charge < -0.3 is 5.11 Å². The third kappa shape index (κ3) is 2.03. The molecule has 2 aliphatic heterocycles. The molecule has 0 saturated carbocycles. The standard InChI is InChI=1S/C13H12F3NO4S/c14-8-2-4-10(12(16)11(8)15)22(20,21)17-6-1-3-9(17)7(5-6)13(18)19/h2,4,6-7,9H,1,3,5H2,(H,18,19). The Morgan fingerprint density at radius 1 is 1.18 bits per heavy atom. The maximum Gasteiger partial charge on any atom is 0.308 e. The summed E-state index contributed by atoms with van der Waals surface area (Å²) >= 11 is 0. The summed E-state index contributed by atoms with van der Waals surface area (Å²) in [7, 11) is -4.42. The number of sulfonamides is 1. The Balaban J connectivity index is 2.05. The van der Waals surface area contributed by atoms with E-state index in [4.69, 9.17) is 5.11 Å². The van der Waals surface area contributed by atoms with E-state index in [1.54, 1.807) is 0 Å². The molecule has 0 aliphatic carbocycles. The molecule has 22 heavy (non-hydrogen) atoms. The summed E-state index contributed by atoms with van der Waals surface area (Å²) in [5, 5.41) is 9.12. The van der Waals surface area contributed by atoms with Crippen molar-refractivity contribution >= 4 is 16.0 Å². The number of aliphatic carboxylic acids is 1. The molecule has 3 atom stereocenters. The number of rotatable bonds is 3. The van der Waals surface area contributed by atoms with Gasteiger partial charge in [0.05, 0.1) is 5.92 Å². The number of carbonyl (C=O) groups is 1. The Kier molecular flexibility index (Phi) is 3.44. The summed E-state index contributed by atoms with van der Waals surface area (Å²) in [5.74, 6) is -7.09. The number of hydrogen-bond acceptors (Lipinski definition) is 3. The van der Waals surface area contributed by atoms with E-state index >= 15 is 0 Å². The van der Waals surface area contributed by atoms with Gasteiger partial charge in [-0.2, -0.15) is 4.31 Å². The van der Waals surface area contributed by atoms with Gasteiger partial charge in [-0.3, -0.25) is 4.79 Å². The van der Waals surface area contributed by atoms with E-state index in [9.17, 15) is 26.4 Å². The normalized spacial score (nSPS) is 28.2. The summed E-state index contributed by atoms with van der Waals surface area (Å²) in [6.07, 6.45) is 0.968. The highest BCUT2D eigenvalue weighted by molar-refractivity contribution is 7.89.